The third kappa shape index (κ3) is 0.781. The Morgan fingerprint density at radius 3 is 2.38 bits per heavy atom. The topological polar surface area (TPSA) is 20.2 Å². The van der Waals surface area contributed by atoms with Gasteiger partial charge in [0.25, 0.3) is 0 Å². The van der Waals surface area contributed by atoms with Gasteiger partial charge in [-0.25, -0.2) is 0 Å². The number of rotatable bonds is 1. The van der Waals surface area contributed by atoms with E-state index >= 15 is 0 Å². The van der Waals surface area contributed by atoms with Crippen LogP contribution in [0.25, 0.3) is 0 Å². The Hall–Kier alpha value is -0.300. The van der Waals surface area contributed by atoms with Gasteiger partial charge in [0.2, 0.25) is 0 Å². The van der Waals surface area contributed by atoms with Crippen LogP contribution in [-0.4, -0.2) is 10.7 Å². The van der Waals surface area contributed by atoms with Gasteiger partial charge in [-0.2, -0.15) is 0 Å². The van der Waals surface area contributed by atoms with Gasteiger partial charge in [0.15, 0.2) is 0 Å². The summed E-state index contributed by atoms with van der Waals surface area (Å²) in [5, 5.41) is 9.27. The van der Waals surface area contributed by atoms with E-state index in [-0.39, 0.29) is 0 Å². The van der Waals surface area contributed by atoms with E-state index < -0.39 is 5.60 Å². The van der Waals surface area contributed by atoms with Crippen molar-refractivity contribution in [3.8, 4) is 0 Å². The lowest BCUT2D eigenvalue weighted by atomic mass is 9.72. The first-order valence-electron chi connectivity index (χ1n) is 3.02. The smallest absolute Gasteiger partial charge is 0.0830 e. The Morgan fingerprint density at radius 1 is 1.75 bits per heavy atom. The molecule has 1 rings (SSSR count). The second-order valence-electron chi connectivity index (χ2n) is 2.82. The lowest BCUT2D eigenvalue weighted by Crippen LogP contribution is -2.40. The Balaban J connectivity index is 2.40. The Kier molecular flexibility index (Phi) is 1.16. The fourth-order valence-corrected chi connectivity index (χ4v) is 1.31. The van der Waals surface area contributed by atoms with Crippen molar-refractivity contribution in [2.75, 3.05) is 0 Å². The van der Waals surface area contributed by atoms with Crippen LogP contribution >= 0.6 is 0 Å². The maximum atomic E-state index is 9.27. The summed E-state index contributed by atoms with van der Waals surface area (Å²) in [5.74, 6) is 0.693. The second-order valence-corrected chi connectivity index (χ2v) is 2.82. The molecule has 1 nitrogen and oxygen atoms in total. The fraction of sp³-hybridized carbons (Fsp3) is 0.714. The second kappa shape index (κ2) is 1.59. The van der Waals surface area contributed by atoms with Crippen LogP contribution in [0.4, 0.5) is 0 Å². The average molecular weight is 112 g/mol. The molecule has 0 radical (unpaired) electrons. The Bertz CT molecular complexity index is 101. The third-order valence-electron chi connectivity index (χ3n) is 1.78. The zero-order valence-corrected chi connectivity index (χ0v) is 5.22. The van der Waals surface area contributed by atoms with Crippen LogP contribution in [0.5, 0.6) is 0 Å². The van der Waals surface area contributed by atoms with E-state index in [1.54, 1.807) is 6.08 Å². The molecular formula is C7H12O. The van der Waals surface area contributed by atoms with Crippen LogP contribution in [0, 0.1) is 5.92 Å². The first-order valence-corrected chi connectivity index (χ1v) is 3.02. The lowest BCUT2D eigenvalue weighted by molar-refractivity contribution is -0.0236. The predicted molar refractivity (Wildman–Crippen MR) is 33.5 cm³/mol. The van der Waals surface area contributed by atoms with Crippen molar-refractivity contribution < 1.29 is 5.11 Å². The van der Waals surface area contributed by atoms with Crippen LogP contribution in [0.15, 0.2) is 12.7 Å². The molecule has 0 bridgehead atoms. The van der Waals surface area contributed by atoms with Crippen LogP contribution in [0.2, 0.25) is 0 Å². The molecule has 1 fully saturated rings. The van der Waals surface area contributed by atoms with E-state index in [2.05, 4.69) is 13.5 Å². The lowest BCUT2D eigenvalue weighted by Gasteiger charge is -2.39. The molecule has 0 aliphatic heterocycles. The Morgan fingerprint density at radius 2 is 2.25 bits per heavy atom. The molecule has 1 saturated carbocycles. The summed E-state index contributed by atoms with van der Waals surface area (Å²) in [5.41, 5.74) is -0.501. The van der Waals surface area contributed by atoms with Crippen molar-refractivity contribution in [3.63, 3.8) is 0 Å². The van der Waals surface area contributed by atoms with Gasteiger partial charge >= 0.3 is 0 Å². The largest absolute Gasteiger partial charge is 0.386 e. The van der Waals surface area contributed by atoms with Crippen molar-refractivity contribution in [3.05, 3.63) is 12.7 Å². The third-order valence-corrected chi connectivity index (χ3v) is 1.78. The first-order chi connectivity index (χ1) is 3.66. The van der Waals surface area contributed by atoms with Gasteiger partial charge in [-0.15, -0.1) is 6.58 Å². The number of aliphatic hydroxyl groups is 1. The van der Waals surface area contributed by atoms with Gasteiger partial charge in [-0.1, -0.05) is 13.0 Å². The molecule has 0 saturated heterocycles. The molecule has 0 atom stereocenters. The number of hydrogen-bond acceptors (Lipinski definition) is 1. The highest BCUT2D eigenvalue weighted by atomic mass is 16.3. The molecule has 1 aliphatic carbocycles. The van der Waals surface area contributed by atoms with Crippen LogP contribution in [0.1, 0.15) is 19.8 Å². The minimum absolute atomic E-state index is 0.501. The molecule has 8 heavy (non-hydrogen) atoms. The molecule has 1 aliphatic rings. The SMILES string of the molecule is C=CC1(O)CC(C)C1. The van der Waals surface area contributed by atoms with Gasteiger partial charge in [0.1, 0.15) is 0 Å². The average Bonchev–Trinajstić information content (AvgIpc) is 1.63. The quantitative estimate of drug-likeness (QED) is 0.507. The minimum Gasteiger partial charge on any atom is -0.386 e. The standard InChI is InChI=1S/C7H12O/c1-3-7(8)4-6(2)5-7/h3,6,8H,1,4-5H2,2H3. The van der Waals surface area contributed by atoms with Gasteiger partial charge in [0, 0.05) is 0 Å². The van der Waals surface area contributed by atoms with Crippen molar-refractivity contribution in [2.24, 2.45) is 5.92 Å². The molecule has 0 heterocycles. The summed E-state index contributed by atoms with van der Waals surface area (Å²) >= 11 is 0. The monoisotopic (exact) mass is 112 g/mol. The molecular weight excluding hydrogens is 100 g/mol. The molecule has 0 spiro atoms. The Labute approximate surface area is 50.0 Å². The van der Waals surface area contributed by atoms with Gasteiger partial charge in [-0.3, -0.25) is 0 Å². The van der Waals surface area contributed by atoms with Crippen LogP contribution < -0.4 is 0 Å². The van der Waals surface area contributed by atoms with E-state index in [9.17, 15) is 5.11 Å². The van der Waals surface area contributed by atoms with E-state index in [0.29, 0.717) is 5.92 Å². The molecule has 1 heteroatoms. The maximum Gasteiger partial charge on any atom is 0.0830 e. The van der Waals surface area contributed by atoms with Gasteiger partial charge in [0.05, 0.1) is 5.60 Å². The summed E-state index contributed by atoms with van der Waals surface area (Å²) in [4.78, 5) is 0. The van der Waals surface area contributed by atoms with Gasteiger partial charge in [-0.05, 0) is 18.8 Å². The highest BCUT2D eigenvalue weighted by Gasteiger charge is 2.36. The van der Waals surface area contributed by atoms with E-state index in [1.807, 2.05) is 0 Å². The zero-order valence-electron chi connectivity index (χ0n) is 5.22. The summed E-state index contributed by atoms with van der Waals surface area (Å²) in [7, 11) is 0. The fourth-order valence-electron chi connectivity index (χ4n) is 1.31. The van der Waals surface area contributed by atoms with Crippen molar-refractivity contribution in [1.29, 1.82) is 0 Å². The van der Waals surface area contributed by atoms with Crippen molar-refractivity contribution in [2.45, 2.75) is 25.4 Å². The maximum absolute atomic E-state index is 9.27. The van der Waals surface area contributed by atoms with Crippen molar-refractivity contribution in [1.82, 2.24) is 0 Å². The van der Waals surface area contributed by atoms with E-state index in [4.69, 9.17) is 0 Å². The minimum atomic E-state index is -0.501. The molecule has 0 unspecified atom stereocenters. The van der Waals surface area contributed by atoms with Gasteiger partial charge < -0.3 is 5.11 Å². The van der Waals surface area contributed by atoms with Crippen LogP contribution in [-0.2, 0) is 0 Å². The molecule has 0 aromatic carbocycles. The molecule has 46 valence electrons. The number of hydrogen-bond donors (Lipinski definition) is 1. The van der Waals surface area contributed by atoms with Crippen LogP contribution in [0.3, 0.4) is 0 Å². The predicted octanol–water partition coefficient (Wildman–Crippen LogP) is 1.33. The molecule has 0 aromatic heterocycles. The molecule has 0 amide bonds. The highest BCUT2D eigenvalue weighted by Crippen LogP contribution is 2.37. The zero-order chi connectivity index (χ0) is 6.20. The summed E-state index contributed by atoms with van der Waals surface area (Å²) in [6, 6.07) is 0. The molecule has 1 N–H and O–H groups in total. The highest BCUT2D eigenvalue weighted by molar-refractivity contribution is 5.04. The summed E-state index contributed by atoms with van der Waals surface area (Å²) in [6.07, 6.45) is 3.44. The normalized spacial score (nSPS) is 45.5. The summed E-state index contributed by atoms with van der Waals surface area (Å²) in [6.45, 7) is 5.68. The first kappa shape index (κ1) is 5.83. The molecule has 0 aromatic rings. The van der Waals surface area contributed by atoms with E-state index in [1.165, 1.54) is 0 Å². The van der Waals surface area contributed by atoms with Crippen molar-refractivity contribution >= 4 is 0 Å². The summed E-state index contributed by atoms with van der Waals surface area (Å²) < 4.78 is 0. The van der Waals surface area contributed by atoms with E-state index in [0.717, 1.165) is 12.8 Å².